The number of nitrogens with zero attached hydrogens (tertiary/aromatic N) is 2. The number of hydrogen-bond acceptors (Lipinski definition) is 5. The summed E-state index contributed by atoms with van der Waals surface area (Å²) in [5, 5.41) is 9.37. The van der Waals surface area contributed by atoms with Gasteiger partial charge >= 0.3 is 24.4 Å². The van der Waals surface area contributed by atoms with Crippen molar-refractivity contribution < 1.29 is 50.5 Å². The molecule has 184 valence electrons. The van der Waals surface area contributed by atoms with E-state index in [1.54, 1.807) is 12.1 Å². The minimum atomic E-state index is -5.77. The lowest BCUT2D eigenvalue weighted by molar-refractivity contribution is -0.308. The zero-order chi connectivity index (χ0) is 24.6. The van der Waals surface area contributed by atoms with E-state index >= 15 is 0 Å². The minimum absolute atomic E-state index is 0.137. The molecular formula is C20H22F6N2O5. The summed E-state index contributed by atoms with van der Waals surface area (Å²) in [5.74, 6) is -0.659. The van der Waals surface area contributed by atoms with Crippen LogP contribution >= 0.6 is 0 Å². The van der Waals surface area contributed by atoms with Gasteiger partial charge in [0.15, 0.2) is 0 Å². The zero-order valence-electron chi connectivity index (χ0n) is 17.5. The van der Waals surface area contributed by atoms with E-state index in [2.05, 4.69) is 4.74 Å². The Hall–Kier alpha value is -2.70. The molecule has 0 spiro atoms. The number of aryl methyl sites for hydroxylation is 1. The molecule has 33 heavy (non-hydrogen) atoms. The van der Waals surface area contributed by atoms with Crippen molar-refractivity contribution in [3.63, 3.8) is 0 Å². The Morgan fingerprint density at radius 1 is 1.06 bits per heavy atom. The first kappa shape index (κ1) is 24.9. The lowest BCUT2D eigenvalue weighted by Gasteiger charge is -2.35. The van der Waals surface area contributed by atoms with Crippen LogP contribution in [0.3, 0.4) is 0 Å². The maximum Gasteiger partial charge on any atom is 0.434 e. The molecule has 0 aromatic heterocycles. The number of alkyl halides is 6. The van der Waals surface area contributed by atoms with Crippen molar-refractivity contribution in [3.05, 3.63) is 29.3 Å². The number of piperazine rings is 1. The molecule has 1 N–H and O–H groups in total. The number of amides is 1. The van der Waals surface area contributed by atoms with E-state index in [9.17, 15) is 41.0 Å². The molecule has 3 rings (SSSR count). The summed E-state index contributed by atoms with van der Waals surface area (Å²) >= 11 is 0. The van der Waals surface area contributed by atoms with Gasteiger partial charge in [-0.1, -0.05) is 12.1 Å². The number of halogens is 6. The van der Waals surface area contributed by atoms with Crippen LogP contribution in [0.2, 0.25) is 0 Å². The molecule has 2 fully saturated rings. The van der Waals surface area contributed by atoms with E-state index < -0.39 is 36.1 Å². The molecule has 1 aliphatic heterocycles. The number of hydrogen-bond donors (Lipinski definition) is 1. The number of benzene rings is 1. The average Bonchev–Trinajstić information content (AvgIpc) is 3.48. The fraction of sp³-hybridized carbons (Fsp3) is 0.600. The summed E-state index contributed by atoms with van der Waals surface area (Å²) in [6, 6.07) is 5.28. The maximum atomic E-state index is 12.6. The molecule has 0 atom stereocenters. The van der Waals surface area contributed by atoms with Crippen LogP contribution in [0.15, 0.2) is 18.2 Å². The lowest BCUT2D eigenvalue weighted by atomic mass is 10.1. The number of carboxylic acids is 1. The Bertz CT molecular complexity index is 878. The van der Waals surface area contributed by atoms with Crippen LogP contribution in [0.5, 0.6) is 5.75 Å². The molecule has 13 heteroatoms. The maximum absolute atomic E-state index is 12.6. The highest BCUT2D eigenvalue weighted by Gasteiger charge is 2.60. The summed E-state index contributed by atoms with van der Waals surface area (Å²) < 4.78 is 85.2. The highest BCUT2D eigenvalue weighted by molar-refractivity contribution is 5.81. The normalized spacial score (nSPS) is 18.8. The standard InChI is InChI=1S/C20H22F6N2O5/c1-12-2-3-13(14(10-12)33-18(4-5-18)16(29)30)11-27-6-8-28(9-7-27)17(31)32-15(19(21,22)23)20(24,25)26/h2-3,10,15H,4-9,11H2,1H3,(H,29,30). The number of ether oxygens (including phenoxy) is 2. The third-order valence-electron chi connectivity index (χ3n) is 5.46. The van der Waals surface area contributed by atoms with E-state index in [-0.39, 0.29) is 26.2 Å². The monoisotopic (exact) mass is 484 g/mol. The lowest BCUT2D eigenvalue weighted by Crippen LogP contribution is -2.52. The Morgan fingerprint density at radius 2 is 1.64 bits per heavy atom. The van der Waals surface area contributed by atoms with Gasteiger partial charge in [-0.3, -0.25) is 4.90 Å². The van der Waals surface area contributed by atoms with Gasteiger partial charge in [-0.05, 0) is 18.6 Å². The molecule has 1 aromatic rings. The second-order valence-corrected chi connectivity index (χ2v) is 8.12. The molecule has 0 unspecified atom stereocenters. The summed E-state index contributed by atoms with van der Waals surface area (Å²) in [5.41, 5.74) is 0.281. The van der Waals surface area contributed by atoms with Gasteiger partial charge in [-0.25, -0.2) is 9.59 Å². The third kappa shape index (κ3) is 6.01. The van der Waals surface area contributed by atoms with Gasteiger partial charge < -0.3 is 19.5 Å². The van der Waals surface area contributed by atoms with Crippen LogP contribution in [-0.4, -0.2) is 77.2 Å². The van der Waals surface area contributed by atoms with Crippen molar-refractivity contribution in [1.82, 2.24) is 9.80 Å². The second-order valence-electron chi connectivity index (χ2n) is 8.12. The van der Waals surface area contributed by atoms with E-state index in [0.717, 1.165) is 10.5 Å². The van der Waals surface area contributed by atoms with Crippen LogP contribution in [0.4, 0.5) is 31.1 Å². The molecule has 0 bridgehead atoms. The van der Waals surface area contributed by atoms with Crippen molar-refractivity contribution >= 4 is 12.1 Å². The largest absolute Gasteiger partial charge is 0.478 e. The average molecular weight is 484 g/mol. The zero-order valence-corrected chi connectivity index (χ0v) is 17.5. The topological polar surface area (TPSA) is 79.3 Å². The molecule has 1 saturated heterocycles. The fourth-order valence-corrected chi connectivity index (χ4v) is 3.40. The molecule has 7 nitrogen and oxygen atoms in total. The minimum Gasteiger partial charge on any atom is -0.478 e. The SMILES string of the molecule is Cc1ccc(CN2CCN(C(=O)OC(C(F)(F)F)C(F)(F)F)CC2)c(OC2(C(=O)O)CC2)c1. The first-order chi connectivity index (χ1) is 15.2. The van der Waals surface area contributed by atoms with Crippen molar-refractivity contribution in [2.45, 2.75) is 50.4 Å². The number of aliphatic carboxylic acids is 1. The predicted molar refractivity (Wildman–Crippen MR) is 101 cm³/mol. The molecule has 2 aliphatic rings. The first-order valence-electron chi connectivity index (χ1n) is 10.0. The van der Waals surface area contributed by atoms with Crippen LogP contribution in [0.25, 0.3) is 0 Å². The predicted octanol–water partition coefficient (Wildman–Crippen LogP) is 3.74. The molecule has 1 aliphatic carbocycles. The molecule has 0 radical (unpaired) electrons. The molecular weight excluding hydrogens is 462 g/mol. The van der Waals surface area contributed by atoms with Gasteiger partial charge in [0.25, 0.3) is 6.10 Å². The van der Waals surface area contributed by atoms with E-state index in [1.165, 1.54) is 0 Å². The smallest absolute Gasteiger partial charge is 0.434 e. The van der Waals surface area contributed by atoms with Crippen molar-refractivity contribution in [1.29, 1.82) is 0 Å². The number of carbonyl (C=O) groups is 2. The number of rotatable bonds is 6. The number of carbonyl (C=O) groups excluding carboxylic acids is 1. The van der Waals surface area contributed by atoms with Gasteiger partial charge in [-0.15, -0.1) is 0 Å². The van der Waals surface area contributed by atoms with Gasteiger partial charge in [-0.2, -0.15) is 26.3 Å². The molecule has 1 saturated carbocycles. The van der Waals surface area contributed by atoms with Crippen molar-refractivity contribution in [2.24, 2.45) is 0 Å². The Morgan fingerprint density at radius 3 is 2.12 bits per heavy atom. The highest BCUT2D eigenvalue weighted by Crippen LogP contribution is 2.42. The Kier molecular flexibility index (Phi) is 6.74. The van der Waals surface area contributed by atoms with Gasteiger partial charge in [0.05, 0.1) is 0 Å². The van der Waals surface area contributed by atoms with Crippen LogP contribution in [0.1, 0.15) is 24.0 Å². The van der Waals surface area contributed by atoms with E-state index in [1.807, 2.05) is 17.9 Å². The molecule has 1 aromatic carbocycles. The van der Waals surface area contributed by atoms with Crippen LogP contribution < -0.4 is 4.74 Å². The Balaban J connectivity index is 1.60. The third-order valence-corrected chi connectivity index (χ3v) is 5.46. The van der Waals surface area contributed by atoms with Gasteiger partial charge in [0.1, 0.15) is 5.75 Å². The molecule has 1 heterocycles. The second kappa shape index (κ2) is 8.92. The van der Waals surface area contributed by atoms with Crippen molar-refractivity contribution in [2.75, 3.05) is 26.2 Å². The fourth-order valence-electron chi connectivity index (χ4n) is 3.40. The quantitative estimate of drug-likeness (QED) is 0.620. The van der Waals surface area contributed by atoms with E-state index in [0.29, 0.717) is 30.7 Å². The highest BCUT2D eigenvalue weighted by atomic mass is 19.4. The summed E-state index contributed by atoms with van der Waals surface area (Å²) in [6.45, 7) is 2.16. The van der Waals surface area contributed by atoms with Crippen molar-refractivity contribution in [3.8, 4) is 5.75 Å². The summed E-state index contributed by atoms with van der Waals surface area (Å²) in [7, 11) is 0. The first-order valence-corrected chi connectivity index (χ1v) is 10.0. The van der Waals surface area contributed by atoms with Gasteiger partial charge in [0.2, 0.25) is 5.60 Å². The summed E-state index contributed by atoms with van der Waals surface area (Å²) in [6.07, 6.45) is -16.7. The summed E-state index contributed by atoms with van der Waals surface area (Å²) in [4.78, 5) is 26.0. The van der Waals surface area contributed by atoms with Crippen LogP contribution in [-0.2, 0) is 16.1 Å². The Labute approximate surface area is 184 Å². The van der Waals surface area contributed by atoms with Crippen LogP contribution in [0, 0.1) is 6.92 Å². The number of carboxylic acid groups (broad SMARTS) is 1. The van der Waals surface area contributed by atoms with Gasteiger partial charge in [0, 0.05) is 51.1 Å². The van der Waals surface area contributed by atoms with E-state index in [4.69, 9.17) is 4.74 Å². The molecule has 1 amide bonds.